The summed E-state index contributed by atoms with van der Waals surface area (Å²) >= 11 is 1.37. The molecular weight excluding hydrogens is 201 g/mol. The van der Waals surface area contributed by atoms with Gasteiger partial charge in [0.05, 0.1) is 11.2 Å². The highest BCUT2D eigenvalue weighted by Gasteiger charge is 2.35. The second-order valence-corrected chi connectivity index (χ2v) is 3.34. The Balaban J connectivity index is 2.35. The molecule has 0 bridgehead atoms. The first-order valence-electron chi connectivity index (χ1n) is 3.67. The summed E-state index contributed by atoms with van der Waals surface area (Å²) in [6.45, 7) is 1.25. The molecule has 1 rings (SSSR count). The number of nitrogens with zero attached hydrogens (tertiary/aromatic N) is 1. The van der Waals surface area contributed by atoms with Crippen molar-refractivity contribution in [1.29, 1.82) is 0 Å². The van der Waals surface area contributed by atoms with Gasteiger partial charge in [0.2, 0.25) is 0 Å². The molecule has 2 nitrogen and oxygen atoms in total. The molecule has 0 amide bonds. The summed E-state index contributed by atoms with van der Waals surface area (Å²) in [5, 5.41) is 4.06. The van der Waals surface area contributed by atoms with Gasteiger partial charge in [-0.15, -0.1) is 11.3 Å². The van der Waals surface area contributed by atoms with Gasteiger partial charge in [0.25, 0.3) is 0 Å². The molecule has 1 heterocycles. The third kappa shape index (κ3) is 3.31. The van der Waals surface area contributed by atoms with Crippen LogP contribution in [0.4, 0.5) is 13.2 Å². The number of hydrogen-bond acceptors (Lipinski definition) is 3. The molecule has 1 N–H and O–H groups in total. The standard InChI is InChI=1S/C7H9F3N2S/c1-5(7(8,9)10)11-2-6-3-13-4-12-6/h3-5,11H,2H2,1H3/t5-/m0/s1. The van der Waals surface area contributed by atoms with E-state index in [0.29, 0.717) is 5.69 Å². The van der Waals surface area contributed by atoms with Gasteiger partial charge in [-0.05, 0) is 6.92 Å². The van der Waals surface area contributed by atoms with Gasteiger partial charge < -0.3 is 5.32 Å². The average molecular weight is 210 g/mol. The van der Waals surface area contributed by atoms with E-state index >= 15 is 0 Å². The Bertz CT molecular complexity index is 245. The molecule has 0 saturated heterocycles. The van der Waals surface area contributed by atoms with Crippen LogP contribution >= 0.6 is 11.3 Å². The van der Waals surface area contributed by atoms with Gasteiger partial charge in [-0.2, -0.15) is 13.2 Å². The smallest absolute Gasteiger partial charge is 0.301 e. The predicted molar refractivity (Wildman–Crippen MR) is 44.5 cm³/mol. The molecule has 0 fully saturated rings. The highest BCUT2D eigenvalue weighted by atomic mass is 32.1. The summed E-state index contributed by atoms with van der Waals surface area (Å²) in [6.07, 6.45) is -4.18. The number of rotatable bonds is 3. The zero-order valence-corrected chi connectivity index (χ0v) is 7.75. The van der Waals surface area contributed by atoms with Crippen LogP contribution in [0.15, 0.2) is 10.9 Å². The van der Waals surface area contributed by atoms with Crippen LogP contribution < -0.4 is 5.32 Å². The van der Waals surface area contributed by atoms with Gasteiger partial charge in [0.1, 0.15) is 6.04 Å². The molecule has 74 valence electrons. The molecule has 1 aromatic heterocycles. The van der Waals surface area contributed by atoms with Crippen LogP contribution in [0.25, 0.3) is 0 Å². The first kappa shape index (κ1) is 10.5. The van der Waals surface area contributed by atoms with E-state index in [0.717, 1.165) is 6.92 Å². The predicted octanol–water partition coefficient (Wildman–Crippen LogP) is 2.18. The first-order valence-corrected chi connectivity index (χ1v) is 4.61. The largest absolute Gasteiger partial charge is 0.403 e. The molecule has 0 spiro atoms. The number of aromatic nitrogens is 1. The van der Waals surface area contributed by atoms with Gasteiger partial charge in [-0.1, -0.05) is 0 Å². The van der Waals surface area contributed by atoms with Crippen LogP contribution in [-0.2, 0) is 6.54 Å². The van der Waals surface area contributed by atoms with Crippen LogP contribution in [0.1, 0.15) is 12.6 Å². The quantitative estimate of drug-likeness (QED) is 0.827. The van der Waals surface area contributed by atoms with E-state index in [2.05, 4.69) is 10.3 Å². The van der Waals surface area contributed by atoms with Crippen LogP contribution in [0.5, 0.6) is 0 Å². The minimum atomic E-state index is -4.18. The summed E-state index contributed by atoms with van der Waals surface area (Å²) < 4.78 is 36.0. The van der Waals surface area contributed by atoms with E-state index in [9.17, 15) is 13.2 Å². The van der Waals surface area contributed by atoms with Crippen molar-refractivity contribution >= 4 is 11.3 Å². The molecule has 0 radical (unpaired) electrons. The van der Waals surface area contributed by atoms with E-state index in [1.165, 1.54) is 11.3 Å². The van der Waals surface area contributed by atoms with Crippen molar-refractivity contribution in [3.63, 3.8) is 0 Å². The van der Waals surface area contributed by atoms with Crippen molar-refractivity contribution in [2.24, 2.45) is 0 Å². The summed E-state index contributed by atoms with van der Waals surface area (Å²) in [5.41, 5.74) is 2.23. The molecule has 0 unspecified atom stereocenters. The lowest BCUT2D eigenvalue weighted by Gasteiger charge is -2.16. The Morgan fingerprint density at radius 1 is 1.62 bits per heavy atom. The molecular formula is C7H9F3N2S. The van der Waals surface area contributed by atoms with Crippen LogP contribution in [0, 0.1) is 0 Å². The Kier molecular flexibility index (Phi) is 3.27. The highest BCUT2D eigenvalue weighted by Crippen LogP contribution is 2.19. The Hall–Kier alpha value is -0.620. The van der Waals surface area contributed by atoms with Crippen LogP contribution in [0.2, 0.25) is 0 Å². The molecule has 6 heteroatoms. The van der Waals surface area contributed by atoms with Crippen LogP contribution in [0.3, 0.4) is 0 Å². The second-order valence-electron chi connectivity index (χ2n) is 2.62. The third-order valence-electron chi connectivity index (χ3n) is 1.56. The zero-order chi connectivity index (χ0) is 9.90. The number of nitrogens with one attached hydrogen (secondary N) is 1. The minimum Gasteiger partial charge on any atom is -0.301 e. The van der Waals surface area contributed by atoms with E-state index < -0.39 is 12.2 Å². The molecule has 0 aliphatic heterocycles. The lowest BCUT2D eigenvalue weighted by Crippen LogP contribution is -2.39. The van der Waals surface area contributed by atoms with Crippen molar-refractivity contribution in [2.75, 3.05) is 0 Å². The summed E-state index contributed by atoms with van der Waals surface area (Å²) in [7, 11) is 0. The van der Waals surface area contributed by atoms with Gasteiger partial charge >= 0.3 is 6.18 Å². The number of thiazole rings is 1. The number of hydrogen-bond donors (Lipinski definition) is 1. The highest BCUT2D eigenvalue weighted by molar-refractivity contribution is 7.07. The summed E-state index contributed by atoms with van der Waals surface area (Å²) in [4.78, 5) is 3.86. The van der Waals surface area contributed by atoms with Gasteiger partial charge in [-0.3, -0.25) is 0 Å². The maximum Gasteiger partial charge on any atom is 0.403 e. The fourth-order valence-electron chi connectivity index (χ4n) is 0.698. The third-order valence-corrected chi connectivity index (χ3v) is 2.20. The monoisotopic (exact) mass is 210 g/mol. The number of alkyl halides is 3. The molecule has 1 atom stereocenters. The minimum absolute atomic E-state index is 0.157. The normalized spacial score (nSPS) is 14.5. The lowest BCUT2D eigenvalue weighted by molar-refractivity contribution is -0.151. The maximum absolute atomic E-state index is 12.0. The van der Waals surface area contributed by atoms with Crippen molar-refractivity contribution < 1.29 is 13.2 Å². The molecule has 0 aromatic carbocycles. The van der Waals surface area contributed by atoms with Gasteiger partial charge in [0.15, 0.2) is 0 Å². The van der Waals surface area contributed by atoms with Crippen molar-refractivity contribution in [3.8, 4) is 0 Å². The SMILES string of the molecule is C[C@H](NCc1cscn1)C(F)(F)F. The van der Waals surface area contributed by atoms with E-state index in [-0.39, 0.29) is 6.54 Å². The Morgan fingerprint density at radius 2 is 2.31 bits per heavy atom. The number of halogens is 3. The molecule has 13 heavy (non-hydrogen) atoms. The van der Waals surface area contributed by atoms with Gasteiger partial charge in [-0.25, -0.2) is 4.98 Å². The summed E-state index contributed by atoms with van der Waals surface area (Å²) in [6, 6.07) is -1.49. The van der Waals surface area contributed by atoms with E-state index in [4.69, 9.17) is 0 Å². The fraction of sp³-hybridized carbons (Fsp3) is 0.571. The molecule has 0 aliphatic carbocycles. The van der Waals surface area contributed by atoms with Crippen LogP contribution in [-0.4, -0.2) is 17.2 Å². The van der Waals surface area contributed by atoms with E-state index in [1.54, 1.807) is 10.9 Å². The lowest BCUT2D eigenvalue weighted by atomic mass is 10.3. The van der Waals surface area contributed by atoms with Gasteiger partial charge in [0, 0.05) is 11.9 Å². The first-order chi connectivity index (χ1) is 6.00. The average Bonchev–Trinajstić information content (AvgIpc) is 2.50. The van der Waals surface area contributed by atoms with Crippen molar-refractivity contribution in [2.45, 2.75) is 25.7 Å². The van der Waals surface area contributed by atoms with Crippen molar-refractivity contribution in [3.05, 3.63) is 16.6 Å². The van der Waals surface area contributed by atoms with Crippen molar-refractivity contribution in [1.82, 2.24) is 10.3 Å². The molecule has 0 saturated carbocycles. The Labute approximate surface area is 77.8 Å². The summed E-state index contributed by atoms with van der Waals surface area (Å²) in [5.74, 6) is 0. The zero-order valence-electron chi connectivity index (χ0n) is 6.93. The maximum atomic E-state index is 12.0. The second kappa shape index (κ2) is 4.06. The molecule has 1 aromatic rings. The Morgan fingerprint density at radius 3 is 2.77 bits per heavy atom. The van der Waals surface area contributed by atoms with E-state index in [1.807, 2.05) is 0 Å². The fourth-order valence-corrected chi connectivity index (χ4v) is 1.26. The topological polar surface area (TPSA) is 24.9 Å². The molecule has 0 aliphatic rings.